The Morgan fingerprint density at radius 3 is 2.39 bits per heavy atom. The molecule has 0 spiro atoms. The van der Waals surface area contributed by atoms with Crippen molar-refractivity contribution in [2.75, 3.05) is 26.2 Å². The van der Waals surface area contributed by atoms with Crippen LogP contribution in [0, 0.1) is 0 Å². The largest absolute Gasteiger partial charge is 0.324 e. The molecule has 3 amide bonds. The van der Waals surface area contributed by atoms with E-state index in [1.165, 1.54) is 16.9 Å². The first kappa shape index (κ1) is 15.7. The SMILES string of the molecule is O=C(NC(=O)N1CCN(Cc2ccccc2)CC1)c1cccs1. The van der Waals surface area contributed by atoms with Gasteiger partial charge in [0, 0.05) is 32.7 Å². The maximum Gasteiger partial charge on any atom is 0.324 e. The Bertz CT molecular complexity index is 650. The molecule has 0 saturated carbocycles. The lowest BCUT2D eigenvalue weighted by atomic mass is 10.2. The first-order valence-corrected chi connectivity index (χ1v) is 8.50. The highest BCUT2D eigenvalue weighted by Gasteiger charge is 2.22. The Morgan fingerprint density at radius 1 is 1.00 bits per heavy atom. The molecule has 23 heavy (non-hydrogen) atoms. The number of amides is 3. The Hall–Kier alpha value is -2.18. The van der Waals surface area contributed by atoms with Gasteiger partial charge >= 0.3 is 6.03 Å². The van der Waals surface area contributed by atoms with Crippen LogP contribution in [-0.2, 0) is 6.54 Å². The molecule has 0 radical (unpaired) electrons. The Kier molecular flexibility index (Phi) is 5.05. The van der Waals surface area contributed by atoms with Gasteiger partial charge in [0.2, 0.25) is 0 Å². The van der Waals surface area contributed by atoms with E-state index in [9.17, 15) is 9.59 Å². The van der Waals surface area contributed by atoms with Crippen molar-refractivity contribution in [2.24, 2.45) is 0 Å². The van der Waals surface area contributed by atoms with E-state index in [-0.39, 0.29) is 11.9 Å². The molecule has 1 aliphatic heterocycles. The maximum absolute atomic E-state index is 12.1. The number of nitrogens with one attached hydrogen (secondary N) is 1. The third kappa shape index (κ3) is 4.18. The van der Waals surface area contributed by atoms with Crippen LogP contribution in [-0.4, -0.2) is 47.9 Å². The van der Waals surface area contributed by atoms with Crippen molar-refractivity contribution in [1.82, 2.24) is 15.1 Å². The number of carbonyl (C=O) groups excluding carboxylic acids is 2. The van der Waals surface area contributed by atoms with Gasteiger partial charge in [-0.1, -0.05) is 36.4 Å². The summed E-state index contributed by atoms with van der Waals surface area (Å²) in [6.45, 7) is 3.79. The van der Waals surface area contributed by atoms with Gasteiger partial charge in [0.15, 0.2) is 0 Å². The molecule has 3 rings (SSSR count). The number of hydrogen-bond acceptors (Lipinski definition) is 4. The molecule has 120 valence electrons. The van der Waals surface area contributed by atoms with Crippen molar-refractivity contribution in [3.63, 3.8) is 0 Å². The number of hydrogen-bond donors (Lipinski definition) is 1. The van der Waals surface area contributed by atoms with Gasteiger partial charge < -0.3 is 4.90 Å². The van der Waals surface area contributed by atoms with Crippen LogP contribution < -0.4 is 5.32 Å². The summed E-state index contributed by atoms with van der Waals surface area (Å²) in [4.78, 5) is 28.6. The average Bonchev–Trinajstić information content (AvgIpc) is 3.11. The predicted molar refractivity (Wildman–Crippen MR) is 90.5 cm³/mol. The molecule has 0 unspecified atom stereocenters. The fraction of sp³-hybridized carbons (Fsp3) is 0.294. The minimum Gasteiger partial charge on any atom is -0.322 e. The van der Waals surface area contributed by atoms with Crippen LogP contribution in [0.1, 0.15) is 15.2 Å². The highest BCUT2D eigenvalue weighted by Crippen LogP contribution is 2.10. The van der Waals surface area contributed by atoms with Crippen molar-refractivity contribution in [3.8, 4) is 0 Å². The molecule has 1 aliphatic rings. The number of urea groups is 1. The quantitative estimate of drug-likeness (QED) is 0.941. The second-order valence-corrected chi connectivity index (χ2v) is 6.43. The standard InChI is InChI=1S/C17H19N3O2S/c21-16(15-7-4-12-23-15)18-17(22)20-10-8-19(9-11-20)13-14-5-2-1-3-6-14/h1-7,12H,8-11,13H2,(H,18,21,22). The minimum absolute atomic E-state index is 0.303. The molecule has 6 heteroatoms. The Morgan fingerprint density at radius 2 is 1.74 bits per heavy atom. The first-order valence-electron chi connectivity index (χ1n) is 7.62. The first-order chi connectivity index (χ1) is 11.2. The molecule has 2 aromatic rings. The van der Waals surface area contributed by atoms with E-state index in [4.69, 9.17) is 0 Å². The molecule has 1 saturated heterocycles. The molecule has 1 aromatic heterocycles. The molecular formula is C17H19N3O2S. The molecule has 5 nitrogen and oxygen atoms in total. The van der Waals surface area contributed by atoms with E-state index in [2.05, 4.69) is 22.3 Å². The summed E-state index contributed by atoms with van der Waals surface area (Å²) in [5.41, 5.74) is 1.28. The fourth-order valence-corrected chi connectivity index (χ4v) is 3.22. The lowest BCUT2D eigenvalue weighted by Gasteiger charge is -2.34. The highest BCUT2D eigenvalue weighted by molar-refractivity contribution is 7.12. The number of imide groups is 1. The van der Waals surface area contributed by atoms with Crippen molar-refractivity contribution >= 4 is 23.3 Å². The van der Waals surface area contributed by atoms with Crippen molar-refractivity contribution in [1.29, 1.82) is 0 Å². The summed E-state index contributed by atoms with van der Waals surface area (Å²) < 4.78 is 0. The molecule has 1 N–H and O–H groups in total. The van der Waals surface area contributed by atoms with E-state index in [1.807, 2.05) is 23.6 Å². The van der Waals surface area contributed by atoms with Gasteiger partial charge in [-0.3, -0.25) is 15.0 Å². The zero-order chi connectivity index (χ0) is 16.1. The molecule has 1 fully saturated rings. The number of benzene rings is 1. The summed E-state index contributed by atoms with van der Waals surface area (Å²) in [5, 5.41) is 4.28. The van der Waals surface area contributed by atoms with Crippen LogP contribution in [0.25, 0.3) is 0 Å². The Labute approximate surface area is 139 Å². The number of nitrogens with zero attached hydrogens (tertiary/aromatic N) is 2. The predicted octanol–water partition coefficient (Wildman–Crippen LogP) is 2.42. The van der Waals surface area contributed by atoms with Gasteiger partial charge in [0.25, 0.3) is 5.91 Å². The van der Waals surface area contributed by atoms with E-state index >= 15 is 0 Å². The van der Waals surface area contributed by atoms with Gasteiger partial charge in [-0.2, -0.15) is 0 Å². The van der Waals surface area contributed by atoms with Crippen LogP contribution in [0.4, 0.5) is 4.79 Å². The third-order valence-electron chi connectivity index (χ3n) is 3.87. The zero-order valence-electron chi connectivity index (χ0n) is 12.8. The lowest BCUT2D eigenvalue weighted by Crippen LogP contribution is -2.52. The van der Waals surface area contributed by atoms with Crippen LogP contribution in [0.5, 0.6) is 0 Å². The fourth-order valence-electron chi connectivity index (χ4n) is 2.60. The van der Waals surface area contributed by atoms with Crippen molar-refractivity contribution in [2.45, 2.75) is 6.54 Å². The van der Waals surface area contributed by atoms with Crippen LogP contribution in [0.2, 0.25) is 0 Å². The van der Waals surface area contributed by atoms with Crippen LogP contribution in [0.3, 0.4) is 0 Å². The summed E-state index contributed by atoms with van der Waals surface area (Å²) >= 11 is 1.33. The van der Waals surface area contributed by atoms with E-state index < -0.39 is 0 Å². The molecule has 2 heterocycles. The topological polar surface area (TPSA) is 52.7 Å². The van der Waals surface area contributed by atoms with Gasteiger partial charge in [-0.15, -0.1) is 11.3 Å². The van der Waals surface area contributed by atoms with Gasteiger partial charge in [0.1, 0.15) is 0 Å². The van der Waals surface area contributed by atoms with E-state index in [0.717, 1.165) is 19.6 Å². The van der Waals surface area contributed by atoms with Gasteiger partial charge in [0.05, 0.1) is 4.88 Å². The summed E-state index contributed by atoms with van der Waals surface area (Å²) in [5.74, 6) is -0.322. The van der Waals surface area contributed by atoms with Crippen molar-refractivity contribution in [3.05, 3.63) is 58.3 Å². The van der Waals surface area contributed by atoms with E-state index in [1.54, 1.807) is 17.0 Å². The summed E-state index contributed by atoms with van der Waals surface area (Å²) in [6, 6.07) is 13.5. The maximum atomic E-state index is 12.1. The van der Waals surface area contributed by atoms with Crippen molar-refractivity contribution < 1.29 is 9.59 Å². The number of piperazine rings is 1. The van der Waals surface area contributed by atoms with Gasteiger partial charge in [-0.05, 0) is 17.0 Å². The Balaban J connectivity index is 1.47. The normalized spacial score (nSPS) is 15.4. The second-order valence-electron chi connectivity index (χ2n) is 5.49. The van der Waals surface area contributed by atoms with Crippen LogP contribution in [0.15, 0.2) is 47.8 Å². The zero-order valence-corrected chi connectivity index (χ0v) is 13.6. The third-order valence-corrected chi connectivity index (χ3v) is 4.74. The summed E-state index contributed by atoms with van der Waals surface area (Å²) in [7, 11) is 0. The van der Waals surface area contributed by atoms with Crippen LogP contribution >= 0.6 is 11.3 Å². The number of rotatable bonds is 3. The molecule has 0 atom stereocenters. The lowest BCUT2D eigenvalue weighted by molar-refractivity contribution is 0.0936. The minimum atomic E-state index is -0.322. The number of carbonyl (C=O) groups is 2. The molecule has 1 aromatic carbocycles. The average molecular weight is 329 g/mol. The van der Waals surface area contributed by atoms with E-state index in [0.29, 0.717) is 18.0 Å². The summed E-state index contributed by atoms with van der Waals surface area (Å²) in [6.07, 6.45) is 0. The smallest absolute Gasteiger partial charge is 0.322 e. The monoisotopic (exact) mass is 329 g/mol. The molecule has 0 aliphatic carbocycles. The second kappa shape index (κ2) is 7.39. The molecule has 0 bridgehead atoms. The number of thiophene rings is 1. The molecular weight excluding hydrogens is 310 g/mol. The van der Waals surface area contributed by atoms with Gasteiger partial charge in [-0.25, -0.2) is 4.79 Å². The highest BCUT2D eigenvalue weighted by atomic mass is 32.1.